The zero-order valence-electron chi connectivity index (χ0n) is 9.51. The Morgan fingerprint density at radius 1 is 1.19 bits per heavy atom. The van der Waals surface area contributed by atoms with Gasteiger partial charge in [-0.05, 0) is 0 Å². The van der Waals surface area contributed by atoms with E-state index in [2.05, 4.69) is 5.16 Å². The molecule has 86 valence electrons. The van der Waals surface area contributed by atoms with E-state index in [-0.39, 0.29) is 5.71 Å². The van der Waals surface area contributed by atoms with Crippen LogP contribution < -0.4 is 16.1 Å². The van der Waals surface area contributed by atoms with Crippen molar-refractivity contribution in [3.05, 3.63) is 20.8 Å². The van der Waals surface area contributed by atoms with Crippen molar-refractivity contribution in [2.45, 2.75) is 0 Å². The van der Waals surface area contributed by atoms with Gasteiger partial charge in [0.15, 0.2) is 5.82 Å². The lowest BCUT2D eigenvalue weighted by atomic mass is 10.4. The number of anilines is 1. The first kappa shape index (κ1) is 10.5. The number of hydrogen-bond acceptors (Lipinski definition) is 5. The van der Waals surface area contributed by atoms with Crippen molar-refractivity contribution in [2.75, 3.05) is 19.0 Å². The summed E-state index contributed by atoms with van der Waals surface area (Å²) in [6, 6.07) is 0. The van der Waals surface area contributed by atoms with E-state index in [1.807, 2.05) is 0 Å². The topological polar surface area (TPSA) is 73.3 Å². The normalized spacial score (nSPS) is 11.0. The van der Waals surface area contributed by atoms with E-state index in [0.29, 0.717) is 11.2 Å². The van der Waals surface area contributed by atoms with Crippen LogP contribution in [0, 0.1) is 0 Å². The second kappa shape index (κ2) is 3.22. The van der Waals surface area contributed by atoms with Crippen LogP contribution in [0.5, 0.6) is 0 Å². The number of hydrogen-bond donors (Lipinski definition) is 0. The molecule has 7 heteroatoms. The van der Waals surface area contributed by atoms with Crippen LogP contribution in [0.1, 0.15) is 0 Å². The highest BCUT2D eigenvalue weighted by Gasteiger charge is 2.18. The molecule has 0 radical (unpaired) electrons. The van der Waals surface area contributed by atoms with Gasteiger partial charge in [-0.3, -0.25) is 13.9 Å². The average molecular weight is 224 g/mol. The predicted octanol–water partition coefficient (Wildman–Crippen LogP) is -0.709. The van der Waals surface area contributed by atoms with E-state index in [0.717, 1.165) is 4.57 Å². The van der Waals surface area contributed by atoms with Crippen molar-refractivity contribution in [1.82, 2.24) is 14.3 Å². The summed E-state index contributed by atoms with van der Waals surface area (Å²) < 4.78 is 7.31. The molecule has 0 aromatic carbocycles. The Morgan fingerprint density at radius 3 is 2.38 bits per heavy atom. The van der Waals surface area contributed by atoms with Crippen molar-refractivity contribution in [3.8, 4) is 0 Å². The Hall–Kier alpha value is -2.05. The van der Waals surface area contributed by atoms with Crippen LogP contribution in [-0.4, -0.2) is 28.4 Å². The number of rotatable bonds is 1. The molecule has 16 heavy (non-hydrogen) atoms. The van der Waals surface area contributed by atoms with Crippen molar-refractivity contribution in [1.29, 1.82) is 0 Å². The molecule has 0 bridgehead atoms. The highest BCUT2D eigenvalue weighted by Crippen LogP contribution is 2.18. The zero-order valence-corrected chi connectivity index (χ0v) is 9.51. The monoisotopic (exact) mass is 224 g/mol. The van der Waals surface area contributed by atoms with Gasteiger partial charge in [0.1, 0.15) is 5.39 Å². The van der Waals surface area contributed by atoms with E-state index < -0.39 is 11.2 Å². The van der Waals surface area contributed by atoms with E-state index >= 15 is 0 Å². The molecule has 0 N–H and O–H groups in total. The fraction of sp³-hybridized carbons (Fsp3) is 0.444. The van der Waals surface area contributed by atoms with Gasteiger partial charge >= 0.3 is 5.69 Å². The van der Waals surface area contributed by atoms with Crippen LogP contribution >= 0.6 is 0 Å². The number of fused-ring (bicyclic) bond motifs is 1. The van der Waals surface area contributed by atoms with Crippen LogP contribution in [0.3, 0.4) is 0 Å². The smallest absolute Gasteiger partial charge is 0.333 e. The predicted molar refractivity (Wildman–Crippen MR) is 58.8 cm³/mol. The van der Waals surface area contributed by atoms with Gasteiger partial charge in [-0.25, -0.2) is 4.79 Å². The van der Waals surface area contributed by atoms with Crippen LogP contribution in [0.4, 0.5) is 5.82 Å². The van der Waals surface area contributed by atoms with Gasteiger partial charge in [0, 0.05) is 28.2 Å². The van der Waals surface area contributed by atoms with Crippen molar-refractivity contribution < 1.29 is 4.52 Å². The van der Waals surface area contributed by atoms with Gasteiger partial charge in [0.2, 0.25) is 5.71 Å². The zero-order chi connectivity index (χ0) is 12.0. The molecule has 2 rings (SSSR count). The third-order valence-corrected chi connectivity index (χ3v) is 2.48. The first-order chi connectivity index (χ1) is 7.45. The standard InChI is InChI=1S/C9H12N4O3/c1-11(2)6-5-7(14)12(3)9(15)13(4)8(5)16-10-6/h1-4H3. The van der Waals surface area contributed by atoms with Gasteiger partial charge in [-0.2, -0.15) is 0 Å². The summed E-state index contributed by atoms with van der Waals surface area (Å²) in [6.45, 7) is 0. The van der Waals surface area contributed by atoms with Gasteiger partial charge in [-0.1, -0.05) is 5.16 Å². The Bertz CT molecular complexity index is 662. The fourth-order valence-electron chi connectivity index (χ4n) is 1.56. The summed E-state index contributed by atoms with van der Waals surface area (Å²) in [5.41, 5.74) is -0.640. The van der Waals surface area contributed by atoms with E-state index in [9.17, 15) is 9.59 Å². The highest BCUT2D eigenvalue weighted by atomic mass is 16.5. The second-order valence-electron chi connectivity index (χ2n) is 3.79. The molecule has 2 heterocycles. The van der Waals surface area contributed by atoms with Crippen molar-refractivity contribution >= 4 is 16.9 Å². The molecule has 0 saturated carbocycles. The van der Waals surface area contributed by atoms with Crippen LogP contribution in [0.25, 0.3) is 11.1 Å². The fourth-order valence-corrected chi connectivity index (χ4v) is 1.56. The molecule has 0 unspecified atom stereocenters. The maximum atomic E-state index is 11.9. The molecule has 0 aliphatic heterocycles. The average Bonchev–Trinajstić information content (AvgIpc) is 2.67. The molecule has 7 nitrogen and oxygen atoms in total. The maximum Gasteiger partial charge on any atom is 0.333 e. The third-order valence-electron chi connectivity index (χ3n) is 2.48. The molecule has 0 aliphatic rings. The summed E-state index contributed by atoms with van der Waals surface area (Å²) >= 11 is 0. The molecule has 0 amide bonds. The largest absolute Gasteiger partial charge is 0.359 e. The summed E-state index contributed by atoms with van der Waals surface area (Å²) in [5.74, 6) is 0.422. The molecule has 2 aromatic rings. The lowest BCUT2D eigenvalue weighted by molar-refractivity contribution is 0.434. The summed E-state index contributed by atoms with van der Waals surface area (Å²) in [5, 5.41) is 4.09. The maximum absolute atomic E-state index is 11.9. The molecule has 2 aromatic heterocycles. The van der Waals surface area contributed by atoms with Gasteiger partial charge in [-0.15, -0.1) is 0 Å². The SMILES string of the molecule is CN(C)c1noc2c1c(=O)n(C)c(=O)n2C. The molecule has 0 aliphatic carbocycles. The Kier molecular flexibility index (Phi) is 2.11. The second-order valence-corrected chi connectivity index (χ2v) is 3.79. The third kappa shape index (κ3) is 1.17. The molecule has 0 saturated heterocycles. The van der Waals surface area contributed by atoms with Crippen LogP contribution in [0.2, 0.25) is 0 Å². The van der Waals surface area contributed by atoms with Gasteiger partial charge < -0.3 is 9.42 Å². The van der Waals surface area contributed by atoms with Crippen molar-refractivity contribution in [3.63, 3.8) is 0 Å². The van der Waals surface area contributed by atoms with E-state index in [4.69, 9.17) is 4.52 Å². The summed E-state index contributed by atoms with van der Waals surface area (Å²) in [7, 11) is 6.47. The Balaban J connectivity index is 3.07. The minimum absolute atomic E-state index is 0.191. The van der Waals surface area contributed by atoms with E-state index in [1.54, 1.807) is 19.0 Å². The molecular formula is C9H12N4O3. The Labute approximate surface area is 90.5 Å². The summed E-state index contributed by atoms with van der Waals surface area (Å²) in [6.07, 6.45) is 0. The van der Waals surface area contributed by atoms with Crippen LogP contribution in [-0.2, 0) is 14.1 Å². The first-order valence-corrected chi connectivity index (χ1v) is 4.68. The molecule has 0 spiro atoms. The van der Waals surface area contributed by atoms with Crippen molar-refractivity contribution in [2.24, 2.45) is 14.1 Å². The molecular weight excluding hydrogens is 212 g/mol. The molecule has 0 fully saturated rings. The minimum atomic E-state index is -0.432. The quantitative estimate of drug-likeness (QED) is 0.640. The Morgan fingerprint density at radius 2 is 1.81 bits per heavy atom. The number of aromatic nitrogens is 3. The number of aryl methyl sites for hydroxylation is 1. The lowest BCUT2D eigenvalue weighted by Gasteiger charge is -2.07. The van der Waals surface area contributed by atoms with Gasteiger partial charge in [0.05, 0.1) is 0 Å². The molecule has 0 atom stereocenters. The lowest BCUT2D eigenvalue weighted by Crippen LogP contribution is -2.36. The number of nitrogens with zero attached hydrogens (tertiary/aromatic N) is 4. The minimum Gasteiger partial charge on any atom is -0.359 e. The highest BCUT2D eigenvalue weighted by molar-refractivity contribution is 5.85. The summed E-state index contributed by atoms with van der Waals surface area (Å²) in [4.78, 5) is 25.2. The van der Waals surface area contributed by atoms with E-state index in [1.165, 1.54) is 18.7 Å². The first-order valence-electron chi connectivity index (χ1n) is 4.68. The van der Waals surface area contributed by atoms with Gasteiger partial charge in [0.25, 0.3) is 5.56 Å². The van der Waals surface area contributed by atoms with Crippen LogP contribution in [0.15, 0.2) is 14.1 Å².